The molecule has 0 spiro atoms. The van der Waals surface area contributed by atoms with Gasteiger partial charge >= 0.3 is 0 Å². The van der Waals surface area contributed by atoms with Crippen LogP contribution in [0.1, 0.15) is 76.7 Å². The molecule has 1 aromatic rings. The minimum Gasteiger partial charge on any atom is -0.317 e. The first kappa shape index (κ1) is 20.8. The Bertz CT molecular complexity index is 673. The van der Waals surface area contributed by atoms with E-state index in [-0.39, 0.29) is 6.04 Å². The summed E-state index contributed by atoms with van der Waals surface area (Å²) in [5.41, 5.74) is 1.18. The van der Waals surface area contributed by atoms with Crippen molar-refractivity contribution >= 4 is 10.0 Å². The van der Waals surface area contributed by atoms with E-state index in [2.05, 4.69) is 19.2 Å². The SMILES string of the molecule is CC(C)c1ccc(S(=O)(=O)N(CCCC2CCCC2)C2CCNCC2)cc1. The van der Waals surface area contributed by atoms with E-state index in [0.29, 0.717) is 17.4 Å². The Morgan fingerprint density at radius 2 is 1.67 bits per heavy atom. The monoisotopic (exact) mass is 392 g/mol. The molecule has 1 aliphatic carbocycles. The molecule has 0 bridgehead atoms. The maximum atomic E-state index is 13.4. The Hall–Kier alpha value is -0.910. The lowest BCUT2D eigenvalue weighted by atomic mass is 10.0. The van der Waals surface area contributed by atoms with Crippen LogP contribution >= 0.6 is 0 Å². The minimum atomic E-state index is -3.43. The molecule has 4 nitrogen and oxygen atoms in total. The lowest BCUT2D eigenvalue weighted by Crippen LogP contribution is -2.46. The highest BCUT2D eigenvalue weighted by molar-refractivity contribution is 7.89. The number of hydrogen-bond donors (Lipinski definition) is 1. The van der Waals surface area contributed by atoms with Crippen LogP contribution in [0.3, 0.4) is 0 Å². The quantitative estimate of drug-likeness (QED) is 0.707. The summed E-state index contributed by atoms with van der Waals surface area (Å²) in [5.74, 6) is 1.22. The molecular weight excluding hydrogens is 356 g/mol. The molecule has 0 amide bonds. The van der Waals surface area contributed by atoms with Crippen molar-refractivity contribution in [1.82, 2.24) is 9.62 Å². The second-order valence-electron chi connectivity index (χ2n) is 8.61. The topological polar surface area (TPSA) is 49.4 Å². The summed E-state index contributed by atoms with van der Waals surface area (Å²) >= 11 is 0. The number of hydrogen-bond acceptors (Lipinski definition) is 3. The number of rotatable bonds is 8. The fourth-order valence-corrected chi connectivity index (χ4v) is 6.31. The average molecular weight is 393 g/mol. The van der Waals surface area contributed by atoms with Crippen LogP contribution in [0.15, 0.2) is 29.2 Å². The smallest absolute Gasteiger partial charge is 0.243 e. The van der Waals surface area contributed by atoms with Crippen molar-refractivity contribution in [2.45, 2.75) is 82.1 Å². The van der Waals surface area contributed by atoms with E-state index < -0.39 is 10.0 Å². The highest BCUT2D eigenvalue weighted by Gasteiger charge is 2.32. The summed E-state index contributed by atoms with van der Waals surface area (Å²) in [6.45, 7) is 6.74. The van der Waals surface area contributed by atoms with Crippen molar-refractivity contribution in [2.75, 3.05) is 19.6 Å². The largest absolute Gasteiger partial charge is 0.317 e. The van der Waals surface area contributed by atoms with Gasteiger partial charge in [0.1, 0.15) is 0 Å². The van der Waals surface area contributed by atoms with Gasteiger partial charge in [-0.1, -0.05) is 51.7 Å². The van der Waals surface area contributed by atoms with Crippen LogP contribution in [0.4, 0.5) is 0 Å². The standard InChI is InChI=1S/C22H36N2O2S/c1-18(2)20-9-11-22(12-10-20)27(25,26)24(21-13-15-23-16-14-21)17-5-8-19-6-3-4-7-19/h9-12,18-19,21,23H,3-8,13-17H2,1-2H3. The number of nitrogens with zero attached hydrogens (tertiary/aromatic N) is 1. The minimum absolute atomic E-state index is 0.129. The first-order valence-corrected chi connectivity index (χ1v) is 12.2. The summed E-state index contributed by atoms with van der Waals surface area (Å²) in [4.78, 5) is 0.450. The van der Waals surface area contributed by atoms with Crippen molar-refractivity contribution in [3.8, 4) is 0 Å². The van der Waals surface area contributed by atoms with Gasteiger partial charge in [-0.05, 0) is 68.3 Å². The van der Waals surface area contributed by atoms with Crippen LogP contribution in [0.2, 0.25) is 0 Å². The van der Waals surface area contributed by atoms with Gasteiger partial charge in [0.15, 0.2) is 0 Å². The van der Waals surface area contributed by atoms with Gasteiger partial charge in [0, 0.05) is 12.6 Å². The van der Waals surface area contributed by atoms with Crippen molar-refractivity contribution < 1.29 is 8.42 Å². The molecule has 2 aliphatic rings. The zero-order valence-corrected chi connectivity index (χ0v) is 17.8. The molecule has 1 aromatic carbocycles. The van der Waals surface area contributed by atoms with Gasteiger partial charge in [-0.25, -0.2) is 8.42 Å². The van der Waals surface area contributed by atoms with Crippen LogP contribution < -0.4 is 5.32 Å². The fourth-order valence-electron chi connectivity index (χ4n) is 4.59. The lowest BCUT2D eigenvalue weighted by Gasteiger charge is -2.34. The van der Waals surface area contributed by atoms with E-state index >= 15 is 0 Å². The van der Waals surface area contributed by atoms with Crippen molar-refractivity contribution in [3.63, 3.8) is 0 Å². The molecule has 152 valence electrons. The molecule has 1 saturated heterocycles. The zero-order chi connectivity index (χ0) is 19.3. The van der Waals surface area contributed by atoms with E-state index in [4.69, 9.17) is 0 Å². The first-order valence-electron chi connectivity index (χ1n) is 10.8. The highest BCUT2D eigenvalue weighted by atomic mass is 32.2. The van der Waals surface area contributed by atoms with Crippen LogP contribution in [0.5, 0.6) is 0 Å². The Morgan fingerprint density at radius 3 is 2.26 bits per heavy atom. The van der Waals surface area contributed by atoms with E-state index in [1.807, 2.05) is 16.4 Å². The third kappa shape index (κ3) is 5.33. The number of benzene rings is 1. The fraction of sp³-hybridized carbons (Fsp3) is 0.727. The van der Waals surface area contributed by atoms with Gasteiger partial charge < -0.3 is 5.32 Å². The molecule has 5 heteroatoms. The maximum absolute atomic E-state index is 13.4. The molecule has 1 aliphatic heterocycles. The van der Waals surface area contributed by atoms with Crippen molar-refractivity contribution in [1.29, 1.82) is 0 Å². The lowest BCUT2D eigenvalue weighted by molar-refractivity contribution is 0.254. The zero-order valence-electron chi connectivity index (χ0n) is 17.0. The van der Waals surface area contributed by atoms with Crippen LogP contribution in [-0.2, 0) is 10.0 Å². The van der Waals surface area contributed by atoms with Gasteiger partial charge in [0.2, 0.25) is 10.0 Å². The molecule has 0 atom stereocenters. The third-order valence-corrected chi connectivity index (χ3v) is 8.30. The van der Waals surface area contributed by atoms with Gasteiger partial charge in [-0.3, -0.25) is 0 Å². The van der Waals surface area contributed by atoms with E-state index in [9.17, 15) is 8.42 Å². The van der Waals surface area contributed by atoms with E-state index in [1.54, 1.807) is 12.1 Å². The molecule has 1 heterocycles. The molecule has 0 unspecified atom stereocenters. The van der Waals surface area contributed by atoms with Gasteiger partial charge in [0.05, 0.1) is 4.90 Å². The second-order valence-corrected chi connectivity index (χ2v) is 10.5. The predicted molar refractivity (Wildman–Crippen MR) is 112 cm³/mol. The Morgan fingerprint density at radius 1 is 1.04 bits per heavy atom. The molecule has 1 saturated carbocycles. The Labute approximate surface area is 165 Å². The Kier molecular flexibility index (Phi) is 7.35. The third-order valence-electron chi connectivity index (χ3n) is 6.33. The molecule has 3 rings (SSSR count). The summed E-state index contributed by atoms with van der Waals surface area (Å²) in [7, 11) is -3.43. The van der Waals surface area contributed by atoms with Crippen molar-refractivity contribution in [2.24, 2.45) is 5.92 Å². The molecule has 0 aromatic heterocycles. The summed E-state index contributed by atoms with van der Waals surface area (Å²) < 4.78 is 28.7. The summed E-state index contributed by atoms with van der Waals surface area (Å²) in [6.07, 6.45) is 9.33. The number of piperidine rings is 1. The van der Waals surface area contributed by atoms with E-state index in [0.717, 1.165) is 38.3 Å². The maximum Gasteiger partial charge on any atom is 0.243 e. The highest BCUT2D eigenvalue weighted by Crippen LogP contribution is 2.30. The average Bonchev–Trinajstić information content (AvgIpc) is 3.19. The molecular formula is C22H36N2O2S. The molecule has 0 radical (unpaired) electrons. The summed E-state index contributed by atoms with van der Waals surface area (Å²) in [6, 6.07) is 7.67. The van der Waals surface area contributed by atoms with Gasteiger partial charge in [-0.2, -0.15) is 4.31 Å². The Balaban J connectivity index is 1.74. The van der Waals surface area contributed by atoms with E-state index in [1.165, 1.54) is 37.7 Å². The normalized spacial score (nSPS) is 20.0. The summed E-state index contributed by atoms with van der Waals surface area (Å²) in [5, 5.41) is 3.36. The van der Waals surface area contributed by atoms with Crippen LogP contribution in [0.25, 0.3) is 0 Å². The second kappa shape index (κ2) is 9.53. The molecule has 27 heavy (non-hydrogen) atoms. The van der Waals surface area contributed by atoms with Crippen LogP contribution in [-0.4, -0.2) is 38.4 Å². The van der Waals surface area contributed by atoms with Gasteiger partial charge in [0.25, 0.3) is 0 Å². The first-order chi connectivity index (χ1) is 13.0. The van der Waals surface area contributed by atoms with Crippen molar-refractivity contribution in [3.05, 3.63) is 29.8 Å². The predicted octanol–water partition coefficient (Wildman–Crippen LogP) is 4.52. The molecule has 1 N–H and O–H groups in total. The number of sulfonamides is 1. The molecule has 2 fully saturated rings. The number of nitrogens with one attached hydrogen (secondary N) is 1. The van der Waals surface area contributed by atoms with Gasteiger partial charge in [-0.15, -0.1) is 0 Å². The van der Waals surface area contributed by atoms with Crippen LogP contribution in [0, 0.1) is 5.92 Å².